The molecule has 0 spiro atoms. The Balaban J connectivity index is 0.000000327. The number of rotatable bonds is 33. The lowest BCUT2D eigenvalue weighted by Crippen LogP contribution is -2.61. The lowest BCUT2D eigenvalue weighted by Gasteiger charge is -2.43. The number of ether oxygens (including phenoxy) is 12. The van der Waals surface area contributed by atoms with Crippen molar-refractivity contribution >= 4 is 62.8 Å². The largest absolute Gasteiger partial charge is 0.481 e. The second kappa shape index (κ2) is 53.5. The molecule has 738 valence electrons. The van der Waals surface area contributed by atoms with Gasteiger partial charge in [-0.25, -0.2) is 14.6 Å². The van der Waals surface area contributed by atoms with Gasteiger partial charge >= 0.3 is 17.8 Å². The third-order valence-electron chi connectivity index (χ3n) is 25.7. The van der Waals surface area contributed by atoms with Crippen molar-refractivity contribution in [3.05, 3.63) is 125 Å². The van der Waals surface area contributed by atoms with Crippen LogP contribution in [-0.4, -0.2) is 299 Å². The van der Waals surface area contributed by atoms with E-state index in [0.717, 1.165) is 29.2 Å². The number of methoxy groups -OCH3 is 4. The molecule has 32 nitrogen and oxygen atoms in total. The van der Waals surface area contributed by atoms with Crippen molar-refractivity contribution in [1.29, 1.82) is 0 Å². The Bertz CT molecular complexity index is 4750. The summed E-state index contributed by atoms with van der Waals surface area (Å²) in [6, 6.07) is 11.9. The first-order valence-corrected chi connectivity index (χ1v) is 46.8. The van der Waals surface area contributed by atoms with Crippen LogP contribution in [0.5, 0.6) is 5.88 Å². The van der Waals surface area contributed by atoms with Gasteiger partial charge in [0.05, 0.1) is 150 Å². The summed E-state index contributed by atoms with van der Waals surface area (Å²) in [5, 5.41) is 54.6. The third kappa shape index (κ3) is 30.5. The van der Waals surface area contributed by atoms with Crippen LogP contribution in [0.3, 0.4) is 0 Å². The maximum absolute atomic E-state index is 14.7. The monoisotopic (exact) mass is 1870 g/mol. The van der Waals surface area contributed by atoms with Crippen LogP contribution in [-0.2, 0) is 94.1 Å². The number of hydrogen-bond acceptors (Lipinski definition) is 27. The van der Waals surface area contributed by atoms with E-state index in [1.54, 1.807) is 82.4 Å². The number of nitrogens with zero attached hydrogens (tertiary/aromatic N) is 8. The summed E-state index contributed by atoms with van der Waals surface area (Å²) in [7, 11) is 7.71. The molecule has 2 bridgehead atoms. The summed E-state index contributed by atoms with van der Waals surface area (Å²) in [6.45, 7) is 23.0. The Labute approximate surface area is 778 Å². The molecule has 16 atom stereocenters. The predicted octanol–water partition coefficient (Wildman–Crippen LogP) is 11.0. The number of ketones is 1. The van der Waals surface area contributed by atoms with Crippen molar-refractivity contribution in [3.8, 4) is 22.7 Å². The highest BCUT2D eigenvalue weighted by Gasteiger charge is 2.53. The van der Waals surface area contributed by atoms with Crippen LogP contribution >= 0.6 is 0 Å². The van der Waals surface area contributed by atoms with Crippen LogP contribution in [0.25, 0.3) is 38.8 Å². The SMILES string of the molecule is CCOCCOCCOCCC(=O)N1CCN(c2ccc(-n3c(=O)n(C)c4cnc5ccc(-c6ccc(OC)nc6)cc5c43)cc2C(F)(F)F)CC1.CCOCCOCCOCCNC(=O)CON=C1[C@H](C)C[C@H](C)/C=C/C=C/C=C(\C)[C@@H](OC)C[C@@H]2CC[C@@H](C)[C@@](O)(O2)C(=O)C(=O)N2CCCC[C@H]2C(=O)O[C@H]([C@H](C)C[C@@H]2CC[C@@H](O)[C@H](OC)C2)C[C@@H](O)[C@H](C)/C=C(\C)[C@@H](O)[C@H]1OC. The van der Waals surface area contributed by atoms with Crippen molar-refractivity contribution in [2.24, 2.45) is 47.7 Å². The normalized spacial score (nSPS) is 27.3. The minimum absolute atomic E-state index is 0.00185. The second-order valence-electron chi connectivity index (χ2n) is 35.2. The van der Waals surface area contributed by atoms with Gasteiger partial charge in [0.2, 0.25) is 17.6 Å². The standard InChI is InChI=1S/C61H101N3O17.C37H41F3N6O6/c1-12-76-28-29-78-31-30-77-27-25-62-54(67)38-79-63-55-43(6)32-39(2)18-14-13-15-19-40(3)51(73-9)36-47-23-21-45(8)61(72,81-47)58(69)59(70)64-26-17-16-20-48(64)60(71)80-52(42(5)34-46-22-24-49(65)53(35-46)74-10)37-50(66)41(4)33-44(7)56(68)57(55)75-11;1-4-50-17-18-52-20-19-51-16-11-34(47)45-14-12-44(13-15-45)31-9-7-27(22-29(31)37(38,39)40)46-35-28-21-25(26-6-10-33(49-3)42-23-26)5-8-30(28)41-24-32(35)43(2)36(46)48/h13-15,18-19,33,39,41-43,45-53,56-57,65-66,68,72H,12,16-17,20-32,34-38H2,1-11H3,(H,62,67);5-10,21-24H,4,11-20H2,1-3H3/b15-13+,18-14+,40-19+,44-33+,63-55?;/t39-,41-,42-,43-,45-,46+,47+,48+,49-,50-,51+,52+,53-,56-,57+,61-;/m1./s1. The number of halogens is 3. The number of carbonyl (C=O) groups is 5. The van der Waals surface area contributed by atoms with Crippen LogP contribution in [0.2, 0.25) is 0 Å². The maximum atomic E-state index is 14.7. The number of aryl methyl sites for hydroxylation is 1. The molecule has 3 aromatic heterocycles. The lowest BCUT2D eigenvalue weighted by molar-refractivity contribution is -0.265. The molecule has 1 aliphatic carbocycles. The number of alkyl halides is 3. The first-order valence-electron chi connectivity index (χ1n) is 46.8. The van der Waals surface area contributed by atoms with E-state index in [1.807, 2.05) is 83.2 Å². The molecule has 0 radical (unpaired) electrons. The Hall–Kier alpha value is -8.92. The van der Waals surface area contributed by atoms with Crippen molar-refractivity contribution in [2.75, 3.05) is 158 Å². The Morgan fingerprint density at radius 3 is 2.05 bits per heavy atom. The third-order valence-corrected chi connectivity index (χ3v) is 25.7. The number of benzene rings is 2. The van der Waals surface area contributed by atoms with E-state index >= 15 is 0 Å². The summed E-state index contributed by atoms with van der Waals surface area (Å²) in [4.78, 5) is 102. The number of carbonyl (C=O) groups excluding carboxylic acids is 5. The minimum Gasteiger partial charge on any atom is -0.481 e. The number of allylic oxidation sites excluding steroid dienone is 5. The van der Waals surface area contributed by atoms with Gasteiger partial charge in [-0.05, 0) is 163 Å². The second-order valence-corrected chi connectivity index (χ2v) is 35.2. The number of esters is 1. The summed E-state index contributed by atoms with van der Waals surface area (Å²) in [5.74, 6) is -7.24. The summed E-state index contributed by atoms with van der Waals surface area (Å²) in [5.41, 5.74) is 3.45. The molecule has 7 heterocycles. The molecule has 5 aromatic rings. The number of piperazine rings is 1. The van der Waals surface area contributed by atoms with E-state index in [1.165, 1.54) is 40.4 Å². The zero-order valence-electron chi connectivity index (χ0n) is 79.8. The number of aromatic nitrogens is 4. The lowest BCUT2D eigenvalue weighted by atomic mass is 9.78. The Morgan fingerprint density at radius 1 is 0.707 bits per heavy atom. The maximum Gasteiger partial charge on any atom is 0.418 e. The number of Topliss-reactive ketones (excluding diaryl/α,β-unsaturated/α-hetero) is 1. The number of aliphatic hydroxyl groups excluding tert-OH is 3. The van der Waals surface area contributed by atoms with Gasteiger partial charge in [0.25, 0.3) is 17.6 Å². The van der Waals surface area contributed by atoms with Gasteiger partial charge in [0.15, 0.2) is 6.61 Å². The molecule has 2 aromatic carbocycles. The van der Waals surface area contributed by atoms with Crippen LogP contribution in [0.1, 0.15) is 151 Å². The van der Waals surface area contributed by atoms with Gasteiger partial charge < -0.3 is 102 Å². The van der Waals surface area contributed by atoms with Crippen molar-refractivity contribution in [1.82, 2.24) is 34.2 Å². The molecule has 10 rings (SSSR count). The number of nitrogens with one attached hydrogen (secondary N) is 1. The first kappa shape index (κ1) is 108. The van der Waals surface area contributed by atoms with Gasteiger partial charge in [-0.3, -0.25) is 33.3 Å². The number of imidazole rings is 1. The van der Waals surface area contributed by atoms with E-state index < -0.39 is 114 Å². The molecule has 1 saturated carbocycles. The van der Waals surface area contributed by atoms with Gasteiger partial charge in [-0.15, -0.1) is 0 Å². The van der Waals surface area contributed by atoms with Crippen LogP contribution in [0.4, 0.5) is 18.9 Å². The smallest absolute Gasteiger partial charge is 0.418 e. The summed E-state index contributed by atoms with van der Waals surface area (Å²) >= 11 is 0. The predicted molar refractivity (Wildman–Crippen MR) is 496 cm³/mol. The van der Waals surface area contributed by atoms with E-state index in [-0.39, 0.29) is 119 Å². The number of hydrogen-bond donors (Lipinski definition) is 5. The Kier molecular flexibility index (Phi) is 43.4. The van der Waals surface area contributed by atoms with Gasteiger partial charge in [0.1, 0.15) is 24.4 Å². The Morgan fingerprint density at radius 2 is 1.39 bits per heavy atom. The van der Waals surface area contributed by atoms with Crippen molar-refractivity contribution < 1.29 is 119 Å². The molecule has 35 heteroatoms. The fourth-order valence-electron chi connectivity index (χ4n) is 17.8. The number of fused-ring (bicyclic) bond motifs is 6. The molecular weight excluding hydrogens is 1730 g/mol. The van der Waals surface area contributed by atoms with Crippen LogP contribution in [0.15, 0.2) is 118 Å². The van der Waals surface area contributed by atoms with Gasteiger partial charge in [-0.1, -0.05) is 82.3 Å². The molecule has 4 aliphatic heterocycles. The molecule has 3 saturated heterocycles. The van der Waals surface area contributed by atoms with Crippen LogP contribution in [0, 0.1) is 35.5 Å². The molecule has 4 fully saturated rings. The fourth-order valence-corrected chi connectivity index (χ4v) is 17.8. The number of cyclic esters (lactones) is 1. The van der Waals surface area contributed by atoms with Gasteiger partial charge in [0, 0.05) is 140 Å². The summed E-state index contributed by atoms with van der Waals surface area (Å²) in [6.07, 6.45) is 9.37. The molecule has 133 heavy (non-hydrogen) atoms. The highest BCUT2D eigenvalue weighted by Crippen LogP contribution is 2.42. The topological polar surface area (TPSA) is 373 Å². The van der Waals surface area contributed by atoms with Gasteiger partial charge in [-0.2, -0.15) is 13.2 Å². The number of pyridine rings is 2. The average Bonchev–Trinajstić information content (AvgIpc) is 1.56. The molecule has 5 N–H and O–H groups in total. The number of amides is 3. The molecule has 0 unspecified atom stereocenters. The molecule has 3 amide bonds. The van der Waals surface area contributed by atoms with Crippen molar-refractivity contribution in [3.63, 3.8) is 0 Å². The van der Waals surface area contributed by atoms with Crippen LogP contribution < -0.4 is 20.6 Å². The van der Waals surface area contributed by atoms with E-state index in [0.29, 0.717) is 163 Å². The molecular formula is C98H142F3N9O23. The quantitative estimate of drug-likeness (QED) is 0.00856. The fraction of sp³-hybridized carbons (Fsp3) is 0.643. The van der Waals surface area contributed by atoms with E-state index in [2.05, 4.69) is 27.4 Å². The highest BCUT2D eigenvalue weighted by molar-refractivity contribution is 6.39. The minimum atomic E-state index is -4.71. The zero-order chi connectivity index (χ0) is 96.5. The number of oxime groups is 1. The summed E-state index contributed by atoms with van der Waals surface area (Å²) < 4.78 is 115. The van der Waals surface area contributed by atoms with E-state index in [9.17, 15) is 62.4 Å². The molecule has 5 aliphatic rings. The highest BCUT2D eigenvalue weighted by atomic mass is 19.4. The number of aliphatic hydroxyl groups is 4. The number of anilines is 1. The van der Waals surface area contributed by atoms with Crippen molar-refractivity contribution in [2.45, 2.75) is 213 Å². The number of piperidine rings is 1. The van der Waals surface area contributed by atoms with E-state index in [4.69, 9.17) is 61.7 Å². The average molecular weight is 1870 g/mol. The first-order chi connectivity index (χ1) is 63.8. The zero-order valence-corrected chi connectivity index (χ0v) is 79.8.